The van der Waals surface area contributed by atoms with Crippen LogP contribution >= 0.6 is 39.9 Å². The molecule has 1 fully saturated rings. The number of hydrogen-bond donors (Lipinski definition) is 2. The molecule has 0 aliphatic carbocycles. The standard InChI is InChI=1S/C12H14BrClN2O.ClH/c13-10-6-8(3-4-11(10)14)12(17)16-9-2-1-5-15-7-9;/h3-4,6,9,15H,1-2,5,7H2,(H,16,17);1H. The Morgan fingerprint density at radius 3 is 2.89 bits per heavy atom. The molecule has 1 aromatic rings. The largest absolute Gasteiger partial charge is 0.348 e. The van der Waals surface area contributed by atoms with E-state index in [1.807, 2.05) is 0 Å². The normalized spacial score (nSPS) is 18.9. The van der Waals surface area contributed by atoms with Crippen LogP contribution < -0.4 is 10.6 Å². The second-order valence-corrected chi connectivity index (χ2v) is 5.41. The number of nitrogens with one attached hydrogen (secondary N) is 2. The van der Waals surface area contributed by atoms with E-state index in [0.29, 0.717) is 10.6 Å². The van der Waals surface area contributed by atoms with Crippen molar-refractivity contribution in [3.05, 3.63) is 33.3 Å². The third kappa shape index (κ3) is 4.12. The van der Waals surface area contributed by atoms with Gasteiger partial charge < -0.3 is 10.6 Å². The third-order valence-corrected chi connectivity index (χ3v) is 4.03. The summed E-state index contributed by atoms with van der Waals surface area (Å²) in [6.45, 7) is 1.89. The highest BCUT2D eigenvalue weighted by Crippen LogP contribution is 2.23. The van der Waals surface area contributed by atoms with Gasteiger partial charge in [-0.3, -0.25) is 4.79 Å². The van der Waals surface area contributed by atoms with Gasteiger partial charge in [0.25, 0.3) is 5.91 Å². The van der Waals surface area contributed by atoms with Crippen molar-refractivity contribution in [3.63, 3.8) is 0 Å². The van der Waals surface area contributed by atoms with Gasteiger partial charge in [0, 0.05) is 22.6 Å². The molecule has 6 heteroatoms. The Morgan fingerprint density at radius 1 is 1.50 bits per heavy atom. The molecular formula is C12H15BrCl2N2O. The van der Waals surface area contributed by atoms with Crippen molar-refractivity contribution < 1.29 is 4.79 Å². The SMILES string of the molecule is Cl.O=C(NC1CCCNC1)c1ccc(Cl)c(Br)c1. The van der Waals surface area contributed by atoms with Crippen LogP contribution in [0, 0.1) is 0 Å². The van der Waals surface area contributed by atoms with Crippen LogP contribution in [0.1, 0.15) is 23.2 Å². The first-order chi connectivity index (χ1) is 8.16. The number of amides is 1. The van der Waals surface area contributed by atoms with E-state index in [1.165, 1.54) is 0 Å². The molecule has 1 heterocycles. The number of hydrogen-bond acceptors (Lipinski definition) is 2. The van der Waals surface area contributed by atoms with Gasteiger partial charge in [0.2, 0.25) is 0 Å². The molecule has 2 N–H and O–H groups in total. The molecule has 1 amide bonds. The molecule has 1 unspecified atom stereocenters. The van der Waals surface area contributed by atoms with Gasteiger partial charge in [-0.2, -0.15) is 0 Å². The number of benzene rings is 1. The van der Waals surface area contributed by atoms with Crippen LogP contribution in [0.5, 0.6) is 0 Å². The number of rotatable bonds is 2. The first-order valence-electron chi connectivity index (χ1n) is 5.63. The quantitative estimate of drug-likeness (QED) is 0.858. The zero-order valence-electron chi connectivity index (χ0n) is 9.71. The van der Waals surface area contributed by atoms with Crippen LogP contribution in [-0.2, 0) is 0 Å². The fourth-order valence-electron chi connectivity index (χ4n) is 1.88. The Balaban J connectivity index is 0.00000162. The fourth-order valence-corrected chi connectivity index (χ4v) is 2.38. The molecule has 0 saturated carbocycles. The van der Waals surface area contributed by atoms with Gasteiger partial charge in [-0.15, -0.1) is 12.4 Å². The predicted octanol–water partition coefficient (Wildman–Crippen LogP) is 3.01. The van der Waals surface area contributed by atoms with E-state index in [1.54, 1.807) is 18.2 Å². The van der Waals surface area contributed by atoms with Crippen molar-refractivity contribution in [2.24, 2.45) is 0 Å². The molecule has 100 valence electrons. The maximum Gasteiger partial charge on any atom is 0.251 e. The number of halogens is 3. The van der Waals surface area contributed by atoms with Crippen molar-refractivity contribution in [3.8, 4) is 0 Å². The Hall–Kier alpha value is -0.290. The lowest BCUT2D eigenvalue weighted by atomic mass is 10.1. The maximum atomic E-state index is 12.0. The van der Waals surface area contributed by atoms with Gasteiger partial charge in [-0.1, -0.05) is 11.6 Å². The summed E-state index contributed by atoms with van der Waals surface area (Å²) < 4.78 is 0.744. The lowest BCUT2D eigenvalue weighted by Gasteiger charge is -2.23. The van der Waals surface area contributed by atoms with Gasteiger partial charge in [0.1, 0.15) is 0 Å². The summed E-state index contributed by atoms with van der Waals surface area (Å²) in [7, 11) is 0. The number of carbonyl (C=O) groups excluding carboxylic acids is 1. The Labute approximate surface area is 126 Å². The smallest absolute Gasteiger partial charge is 0.251 e. The van der Waals surface area contributed by atoms with E-state index in [-0.39, 0.29) is 24.4 Å². The summed E-state index contributed by atoms with van der Waals surface area (Å²) >= 11 is 9.20. The van der Waals surface area contributed by atoms with Crippen molar-refractivity contribution in [2.45, 2.75) is 18.9 Å². The van der Waals surface area contributed by atoms with Crippen LogP contribution in [0.4, 0.5) is 0 Å². The summed E-state index contributed by atoms with van der Waals surface area (Å²) in [5.41, 5.74) is 0.631. The lowest BCUT2D eigenvalue weighted by Crippen LogP contribution is -2.45. The summed E-state index contributed by atoms with van der Waals surface area (Å²) in [4.78, 5) is 12.0. The van der Waals surface area contributed by atoms with E-state index in [2.05, 4.69) is 26.6 Å². The van der Waals surface area contributed by atoms with Crippen LogP contribution in [0.3, 0.4) is 0 Å². The molecule has 0 radical (unpaired) electrons. The van der Waals surface area contributed by atoms with Crippen molar-refractivity contribution in [1.29, 1.82) is 0 Å². The number of piperidine rings is 1. The molecule has 0 spiro atoms. The number of carbonyl (C=O) groups is 1. The average Bonchev–Trinajstić information content (AvgIpc) is 2.34. The van der Waals surface area contributed by atoms with Crippen LogP contribution in [0.15, 0.2) is 22.7 Å². The van der Waals surface area contributed by atoms with E-state index in [0.717, 1.165) is 30.4 Å². The second-order valence-electron chi connectivity index (χ2n) is 4.15. The molecule has 3 nitrogen and oxygen atoms in total. The van der Waals surface area contributed by atoms with Crippen LogP contribution in [0.2, 0.25) is 5.02 Å². The minimum atomic E-state index is -0.0453. The van der Waals surface area contributed by atoms with Crippen LogP contribution in [0.25, 0.3) is 0 Å². The summed E-state index contributed by atoms with van der Waals surface area (Å²) in [6.07, 6.45) is 2.14. The monoisotopic (exact) mass is 352 g/mol. The Kier molecular flexibility index (Phi) is 6.43. The van der Waals surface area contributed by atoms with Crippen LogP contribution in [-0.4, -0.2) is 25.0 Å². The van der Waals surface area contributed by atoms with E-state index >= 15 is 0 Å². The highest BCUT2D eigenvalue weighted by molar-refractivity contribution is 9.10. The summed E-state index contributed by atoms with van der Waals surface area (Å²) in [5, 5.41) is 6.90. The lowest BCUT2D eigenvalue weighted by molar-refractivity contribution is 0.0930. The van der Waals surface area contributed by atoms with Crippen molar-refractivity contribution in [2.75, 3.05) is 13.1 Å². The molecular weight excluding hydrogens is 339 g/mol. The van der Waals surface area contributed by atoms with Gasteiger partial charge in [0.15, 0.2) is 0 Å². The first kappa shape index (κ1) is 15.8. The fraction of sp³-hybridized carbons (Fsp3) is 0.417. The van der Waals surface area contributed by atoms with Crippen molar-refractivity contribution in [1.82, 2.24) is 10.6 Å². The van der Waals surface area contributed by atoms with Gasteiger partial charge in [-0.05, 0) is 53.5 Å². The molecule has 1 saturated heterocycles. The van der Waals surface area contributed by atoms with E-state index < -0.39 is 0 Å². The third-order valence-electron chi connectivity index (χ3n) is 2.81. The van der Waals surface area contributed by atoms with Gasteiger partial charge in [0.05, 0.1) is 5.02 Å². The zero-order chi connectivity index (χ0) is 12.3. The molecule has 0 bridgehead atoms. The molecule has 1 aliphatic rings. The summed E-state index contributed by atoms with van der Waals surface area (Å²) in [5.74, 6) is -0.0453. The topological polar surface area (TPSA) is 41.1 Å². The highest BCUT2D eigenvalue weighted by atomic mass is 79.9. The molecule has 1 aliphatic heterocycles. The molecule has 18 heavy (non-hydrogen) atoms. The Morgan fingerprint density at radius 2 is 2.28 bits per heavy atom. The minimum Gasteiger partial charge on any atom is -0.348 e. The van der Waals surface area contributed by atoms with Gasteiger partial charge in [-0.25, -0.2) is 0 Å². The average molecular weight is 354 g/mol. The zero-order valence-corrected chi connectivity index (χ0v) is 12.9. The second kappa shape index (κ2) is 7.34. The van der Waals surface area contributed by atoms with E-state index in [4.69, 9.17) is 11.6 Å². The molecule has 1 aromatic carbocycles. The maximum absolute atomic E-state index is 12.0. The highest BCUT2D eigenvalue weighted by Gasteiger charge is 2.16. The van der Waals surface area contributed by atoms with E-state index in [9.17, 15) is 4.79 Å². The molecule has 1 atom stereocenters. The predicted molar refractivity (Wildman–Crippen MR) is 79.8 cm³/mol. The Bertz CT molecular complexity index is 423. The molecule has 2 rings (SSSR count). The molecule has 0 aromatic heterocycles. The van der Waals surface area contributed by atoms with Gasteiger partial charge >= 0.3 is 0 Å². The summed E-state index contributed by atoms with van der Waals surface area (Å²) in [6, 6.07) is 5.43. The van der Waals surface area contributed by atoms with Crippen molar-refractivity contribution >= 4 is 45.8 Å². The minimum absolute atomic E-state index is 0. The first-order valence-corrected chi connectivity index (χ1v) is 6.80.